The molecular formula is C27H33IN2O6S. The van der Waals surface area contributed by atoms with Gasteiger partial charge in [-0.1, -0.05) is 66.8 Å². The van der Waals surface area contributed by atoms with Gasteiger partial charge in [0.15, 0.2) is 0 Å². The molecule has 7 unspecified atom stereocenters. The van der Waals surface area contributed by atoms with Gasteiger partial charge < -0.3 is 9.47 Å². The fourth-order valence-corrected chi connectivity index (χ4v) is 8.93. The van der Waals surface area contributed by atoms with Crippen LogP contribution >= 0.6 is 22.6 Å². The predicted octanol–water partition coefficient (Wildman–Crippen LogP) is 4.79. The van der Waals surface area contributed by atoms with E-state index in [1.807, 2.05) is 37.3 Å². The van der Waals surface area contributed by atoms with Gasteiger partial charge in [-0.2, -0.15) is 8.42 Å². The van der Waals surface area contributed by atoms with E-state index in [4.69, 9.17) is 13.7 Å². The van der Waals surface area contributed by atoms with Crippen LogP contribution in [0.3, 0.4) is 0 Å². The number of alkyl halides is 1. The first-order valence-electron chi connectivity index (χ1n) is 12.7. The minimum Gasteiger partial charge on any atom is -0.456 e. The maximum Gasteiger partial charge on any atom is 0.367 e. The Morgan fingerprint density at radius 1 is 1.30 bits per heavy atom. The number of aromatic nitrogens is 2. The van der Waals surface area contributed by atoms with E-state index in [2.05, 4.69) is 41.4 Å². The number of hydrogen-bond acceptors (Lipinski definition) is 7. The smallest absolute Gasteiger partial charge is 0.367 e. The summed E-state index contributed by atoms with van der Waals surface area (Å²) in [6.07, 6.45) is 8.71. The highest BCUT2D eigenvalue weighted by Gasteiger charge is 2.71. The monoisotopic (exact) mass is 640 g/mol. The van der Waals surface area contributed by atoms with E-state index in [-0.39, 0.29) is 21.7 Å². The average Bonchev–Trinajstić information content (AvgIpc) is 3.56. The van der Waals surface area contributed by atoms with Crippen LogP contribution in [0.5, 0.6) is 0 Å². The third-order valence-electron chi connectivity index (χ3n) is 8.02. The van der Waals surface area contributed by atoms with Gasteiger partial charge in [0.25, 0.3) is 0 Å². The Hall–Kier alpha value is -1.76. The Morgan fingerprint density at radius 3 is 2.73 bits per heavy atom. The first-order chi connectivity index (χ1) is 17.5. The molecule has 1 aromatic carbocycles. The summed E-state index contributed by atoms with van der Waals surface area (Å²) in [4.78, 5) is 17.0. The van der Waals surface area contributed by atoms with Gasteiger partial charge in [-0.25, -0.2) is 17.9 Å². The Kier molecular flexibility index (Phi) is 7.32. The van der Waals surface area contributed by atoms with Gasteiger partial charge in [-0.15, -0.1) is 0 Å². The predicted molar refractivity (Wildman–Crippen MR) is 147 cm³/mol. The van der Waals surface area contributed by atoms with E-state index in [0.29, 0.717) is 12.8 Å². The van der Waals surface area contributed by atoms with Gasteiger partial charge in [-0.3, -0.25) is 0 Å². The summed E-state index contributed by atoms with van der Waals surface area (Å²) >= 11 is 2.46. The van der Waals surface area contributed by atoms with Gasteiger partial charge in [0, 0.05) is 34.7 Å². The number of esters is 1. The van der Waals surface area contributed by atoms with Crippen LogP contribution < -0.4 is 0 Å². The molecule has 37 heavy (non-hydrogen) atoms. The van der Waals surface area contributed by atoms with Crippen LogP contribution in [-0.2, 0) is 28.8 Å². The summed E-state index contributed by atoms with van der Waals surface area (Å²) in [5, 5.41) is 0. The number of benzene rings is 1. The van der Waals surface area contributed by atoms with Crippen molar-refractivity contribution in [3.63, 3.8) is 0 Å². The van der Waals surface area contributed by atoms with Gasteiger partial charge >= 0.3 is 16.3 Å². The standard InChI is InChI=1S/C27H33IN2O6S/c1-18(2)15-27-16-22(35-37(32,33)30-14-13-29-17-30)26(3,36-27)20-10-11-21(28)24(20)25(27)34-23(31)12-9-19-7-5-4-6-8-19/h4-9,12-14,17-18,20-22,24-25H,10-11,15-16H2,1-3H3/b12-9+. The van der Waals surface area contributed by atoms with E-state index >= 15 is 0 Å². The Labute approximate surface area is 232 Å². The molecule has 0 N–H and O–H groups in total. The van der Waals surface area contributed by atoms with Crippen molar-refractivity contribution in [2.24, 2.45) is 17.8 Å². The van der Waals surface area contributed by atoms with Crippen LogP contribution in [0.1, 0.15) is 52.0 Å². The van der Waals surface area contributed by atoms with Crippen molar-refractivity contribution >= 4 is 44.9 Å². The lowest BCUT2D eigenvalue weighted by Crippen LogP contribution is -2.61. The molecule has 2 aliphatic heterocycles. The van der Waals surface area contributed by atoms with Crippen LogP contribution in [0, 0.1) is 17.8 Å². The van der Waals surface area contributed by atoms with Crippen molar-refractivity contribution < 1.29 is 26.9 Å². The largest absolute Gasteiger partial charge is 0.456 e. The zero-order valence-corrected chi connectivity index (χ0v) is 24.2. The van der Waals surface area contributed by atoms with Crippen molar-refractivity contribution in [1.29, 1.82) is 0 Å². The maximum absolute atomic E-state index is 13.1. The molecule has 0 amide bonds. The lowest BCUT2D eigenvalue weighted by Gasteiger charge is -2.51. The van der Waals surface area contributed by atoms with Crippen molar-refractivity contribution in [3.8, 4) is 0 Å². The second-order valence-electron chi connectivity index (χ2n) is 11.0. The van der Waals surface area contributed by atoms with E-state index < -0.39 is 39.7 Å². The summed E-state index contributed by atoms with van der Waals surface area (Å²) in [5.74, 6) is -0.151. The second kappa shape index (κ2) is 10.1. The Morgan fingerprint density at radius 2 is 2.05 bits per heavy atom. The Balaban J connectivity index is 1.48. The molecule has 3 fully saturated rings. The molecule has 10 heteroatoms. The molecule has 3 aliphatic rings. The number of nitrogens with zero attached hydrogens (tertiary/aromatic N) is 2. The van der Waals surface area contributed by atoms with Gasteiger partial charge in [0.1, 0.15) is 24.1 Å². The molecule has 1 aromatic heterocycles. The molecule has 7 atom stereocenters. The van der Waals surface area contributed by atoms with Gasteiger partial charge in [0.2, 0.25) is 0 Å². The highest BCUT2D eigenvalue weighted by Crippen LogP contribution is 2.62. The molecule has 1 saturated carbocycles. The topological polar surface area (TPSA) is 96.7 Å². The SMILES string of the molecule is CC(C)CC12CC(OS(=O)(=O)n3ccnc3)C(C)(O1)C1CCC(I)C1C2OC(=O)/C=C/c1ccccc1. The number of carbonyl (C=O) groups excluding carboxylic acids is 1. The lowest BCUT2D eigenvalue weighted by molar-refractivity contribution is -0.249. The van der Waals surface area contributed by atoms with Crippen LogP contribution in [0.15, 0.2) is 55.1 Å². The van der Waals surface area contributed by atoms with Gasteiger partial charge in [-0.05, 0) is 49.7 Å². The summed E-state index contributed by atoms with van der Waals surface area (Å²) in [6.45, 7) is 6.17. The number of fused-ring (bicyclic) bond motifs is 4. The summed E-state index contributed by atoms with van der Waals surface area (Å²) < 4.78 is 46.4. The molecule has 2 saturated heterocycles. The first-order valence-corrected chi connectivity index (χ1v) is 15.3. The number of halogens is 1. The highest BCUT2D eigenvalue weighted by atomic mass is 127. The summed E-state index contributed by atoms with van der Waals surface area (Å²) in [7, 11) is -4.10. The summed E-state index contributed by atoms with van der Waals surface area (Å²) in [5.41, 5.74) is -0.757. The summed E-state index contributed by atoms with van der Waals surface area (Å²) in [6, 6.07) is 9.60. The zero-order chi connectivity index (χ0) is 26.4. The minimum absolute atomic E-state index is 0.00363. The van der Waals surface area contributed by atoms with Crippen LogP contribution in [0.25, 0.3) is 6.08 Å². The molecule has 1 aliphatic carbocycles. The van der Waals surface area contributed by atoms with Gasteiger partial charge in [0.05, 0.1) is 5.60 Å². The third kappa shape index (κ3) is 5.02. The van der Waals surface area contributed by atoms with E-state index in [9.17, 15) is 13.2 Å². The number of imidazole rings is 1. The molecule has 0 radical (unpaired) electrons. The number of carbonyl (C=O) groups is 1. The first kappa shape index (κ1) is 26.8. The van der Waals surface area contributed by atoms with Crippen LogP contribution in [0.4, 0.5) is 0 Å². The number of hydrogen-bond donors (Lipinski definition) is 0. The number of rotatable bonds is 8. The van der Waals surface area contributed by atoms with Crippen molar-refractivity contribution in [1.82, 2.24) is 8.96 Å². The molecule has 3 heterocycles. The van der Waals surface area contributed by atoms with Crippen molar-refractivity contribution in [2.45, 2.75) is 73.8 Å². The molecular weight excluding hydrogens is 607 g/mol. The van der Waals surface area contributed by atoms with E-state index in [1.165, 1.54) is 24.8 Å². The molecule has 2 aromatic rings. The molecule has 5 rings (SSSR count). The normalized spacial score (nSPS) is 35.2. The fraction of sp³-hybridized carbons (Fsp3) is 0.556. The maximum atomic E-state index is 13.1. The highest BCUT2D eigenvalue weighted by molar-refractivity contribution is 14.1. The number of ether oxygens (including phenoxy) is 2. The minimum atomic E-state index is -4.10. The second-order valence-corrected chi connectivity index (χ2v) is 14.0. The van der Waals surface area contributed by atoms with E-state index in [0.717, 1.165) is 22.4 Å². The van der Waals surface area contributed by atoms with E-state index in [1.54, 1.807) is 6.08 Å². The Bertz CT molecular complexity index is 1250. The third-order valence-corrected chi connectivity index (χ3v) is 10.7. The lowest BCUT2D eigenvalue weighted by atomic mass is 9.72. The molecule has 2 bridgehead atoms. The molecule has 0 spiro atoms. The van der Waals surface area contributed by atoms with Crippen molar-refractivity contribution in [3.05, 3.63) is 60.7 Å². The average molecular weight is 641 g/mol. The molecule has 8 nitrogen and oxygen atoms in total. The fourth-order valence-electron chi connectivity index (χ4n) is 6.66. The molecule has 200 valence electrons. The van der Waals surface area contributed by atoms with Crippen molar-refractivity contribution in [2.75, 3.05) is 0 Å². The van der Waals surface area contributed by atoms with Crippen LogP contribution in [0.2, 0.25) is 0 Å². The van der Waals surface area contributed by atoms with Crippen LogP contribution in [-0.4, -0.2) is 50.7 Å². The quantitative estimate of drug-likeness (QED) is 0.177. The zero-order valence-electron chi connectivity index (χ0n) is 21.2.